The van der Waals surface area contributed by atoms with Crippen molar-refractivity contribution in [2.24, 2.45) is 0 Å². The Morgan fingerprint density at radius 2 is 1.80 bits per heavy atom. The van der Waals surface area contributed by atoms with Gasteiger partial charge in [0.2, 0.25) is 0 Å². The molecule has 84 valence electrons. The van der Waals surface area contributed by atoms with Crippen LogP contribution < -0.4 is 10.6 Å². The SMILES string of the molecule is CNCC(C)NCc1c(C)cccc1C. The Morgan fingerprint density at radius 3 is 2.33 bits per heavy atom. The minimum Gasteiger partial charge on any atom is -0.318 e. The van der Waals surface area contributed by atoms with Gasteiger partial charge in [-0.3, -0.25) is 0 Å². The second-order valence-electron chi connectivity index (χ2n) is 4.21. The monoisotopic (exact) mass is 206 g/mol. The zero-order valence-corrected chi connectivity index (χ0v) is 10.2. The van der Waals surface area contributed by atoms with Crippen LogP contribution in [0.5, 0.6) is 0 Å². The van der Waals surface area contributed by atoms with Crippen molar-refractivity contribution in [3.63, 3.8) is 0 Å². The van der Waals surface area contributed by atoms with Gasteiger partial charge in [0, 0.05) is 19.1 Å². The molecular formula is C13H22N2. The Morgan fingerprint density at radius 1 is 1.20 bits per heavy atom. The molecule has 0 aliphatic heterocycles. The molecule has 0 radical (unpaired) electrons. The van der Waals surface area contributed by atoms with E-state index in [1.165, 1.54) is 16.7 Å². The third-order valence-electron chi connectivity index (χ3n) is 2.78. The molecule has 0 bridgehead atoms. The van der Waals surface area contributed by atoms with Gasteiger partial charge in [-0.15, -0.1) is 0 Å². The minimum absolute atomic E-state index is 0.508. The van der Waals surface area contributed by atoms with E-state index in [9.17, 15) is 0 Å². The minimum atomic E-state index is 0.508. The molecule has 2 heteroatoms. The van der Waals surface area contributed by atoms with Crippen molar-refractivity contribution >= 4 is 0 Å². The molecule has 0 spiro atoms. The van der Waals surface area contributed by atoms with Crippen LogP contribution >= 0.6 is 0 Å². The molecule has 0 fully saturated rings. The van der Waals surface area contributed by atoms with Gasteiger partial charge < -0.3 is 10.6 Å². The van der Waals surface area contributed by atoms with Gasteiger partial charge >= 0.3 is 0 Å². The van der Waals surface area contributed by atoms with Crippen LogP contribution in [0.15, 0.2) is 18.2 Å². The molecule has 0 saturated carbocycles. The van der Waals surface area contributed by atoms with Gasteiger partial charge in [-0.25, -0.2) is 0 Å². The molecule has 2 N–H and O–H groups in total. The summed E-state index contributed by atoms with van der Waals surface area (Å²) in [7, 11) is 1.98. The normalized spacial score (nSPS) is 12.8. The first-order valence-electron chi connectivity index (χ1n) is 5.58. The van der Waals surface area contributed by atoms with Crippen molar-refractivity contribution in [2.75, 3.05) is 13.6 Å². The number of benzene rings is 1. The Bertz CT molecular complexity index is 287. The first-order valence-corrected chi connectivity index (χ1v) is 5.58. The van der Waals surface area contributed by atoms with Crippen LogP contribution in [0.2, 0.25) is 0 Å². The lowest BCUT2D eigenvalue weighted by molar-refractivity contribution is 0.521. The number of nitrogens with one attached hydrogen (secondary N) is 2. The van der Waals surface area contributed by atoms with E-state index in [0.29, 0.717) is 6.04 Å². The summed E-state index contributed by atoms with van der Waals surface area (Å²) < 4.78 is 0. The third-order valence-corrected chi connectivity index (χ3v) is 2.78. The largest absolute Gasteiger partial charge is 0.318 e. The average Bonchev–Trinajstić information content (AvgIpc) is 2.17. The highest BCUT2D eigenvalue weighted by Crippen LogP contribution is 2.12. The van der Waals surface area contributed by atoms with Crippen LogP contribution in [0.4, 0.5) is 0 Å². The number of rotatable bonds is 5. The zero-order valence-electron chi connectivity index (χ0n) is 10.2. The van der Waals surface area contributed by atoms with Crippen molar-refractivity contribution in [1.82, 2.24) is 10.6 Å². The van der Waals surface area contributed by atoms with Crippen molar-refractivity contribution in [3.05, 3.63) is 34.9 Å². The Hall–Kier alpha value is -0.860. The molecule has 2 nitrogen and oxygen atoms in total. The molecule has 1 rings (SSSR count). The summed E-state index contributed by atoms with van der Waals surface area (Å²) in [5.74, 6) is 0. The highest BCUT2D eigenvalue weighted by atomic mass is 15.0. The summed E-state index contributed by atoms with van der Waals surface area (Å²) in [6.07, 6.45) is 0. The smallest absolute Gasteiger partial charge is 0.0213 e. The summed E-state index contributed by atoms with van der Waals surface area (Å²) in [5.41, 5.74) is 4.18. The Kier molecular flexibility index (Phi) is 4.79. The molecular weight excluding hydrogens is 184 g/mol. The maximum Gasteiger partial charge on any atom is 0.0213 e. The maximum atomic E-state index is 3.52. The van der Waals surface area contributed by atoms with Crippen LogP contribution in [-0.4, -0.2) is 19.6 Å². The van der Waals surface area contributed by atoms with Gasteiger partial charge in [-0.1, -0.05) is 18.2 Å². The quantitative estimate of drug-likeness (QED) is 0.770. The van der Waals surface area contributed by atoms with Crippen LogP contribution in [0.25, 0.3) is 0 Å². The van der Waals surface area contributed by atoms with Gasteiger partial charge in [0.05, 0.1) is 0 Å². The summed E-state index contributed by atoms with van der Waals surface area (Å²) in [4.78, 5) is 0. The van der Waals surface area contributed by atoms with Crippen LogP contribution in [0, 0.1) is 13.8 Å². The first kappa shape index (κ1) is 12.2. The Labute approximate surface area is 93.1 Å². The molecule has 1 aromatic carbocycles. The van der Waals surface area contributed by atoms with E-state index in [1.807, 2.05) is 7.05 Å². The highest BCUT2D eigenvalue weighted by Gasteiger charge is 2.04. The molecule has 1 unspecified atom stereocenters. The van der Waals surface area contributed by atoms with E-state index in [4.69, 9.17) is 0 Å². The molecule has 0 saturated heterocycles. The van der Waals surface area contributed by atoms with Crippen molar-refractivity contribution in [3.8, 4) is 0 Å². The average molecular weight is 206 g/mol. The zero-order chi connectivity index (χ0) is 11.3. The second-order valence-corrected chi connectivity index (χ2v) is 4.21. The van der Waals surface area contributed by atoms with E-state index in [1.54, 1.807) is 0 Å². The second kappa shape index (κ2) is 5.89. The predicted octanol–water partition coefficient (Wildman–Crippen LogP) is 2.00. The molecule has 0 amide bonds. The van der Waals surface area contributed by atoms with Crippen LogP contribution in [-0.2, 0) is 6.54 Å². The van der Waals surface area contributed by atoms with E-state index in [2.05, 4.69) is 49.6 Å². The molecule has 0 aromatic heterocycles. The molecule has 1 atom stereocenters. The molecule has 1 aromatic rings. The number of aryl methyl sites for hydroxylation is 2. The molecule has 0 aliphatic carbocycles. The van der Waals surface area contributed by atoms with E-state index in [-0.39, 0.29) is 0 Å². The van der Waals surface area contributed by atoms with E-state index in [0.717, 1.165) is 13.1 Å². The fourth-order valence-electron chi connectivity index (χ4n) is 1.78. The Balaban J connectivity index is 2.57. The molecule has 0 aliphatic rings. The first-order chi connectivity index (χ1) is 7.15. The fourth-order valence-corrected chi connectivity index (χ4v) is 1.78. The molecule has 0 heterocycles. The highest BCUT2D eigenvalue weighted by molar-refractivity contribution is 5.33. The summed E-state index contributed by atoms with van der Waals surface area (Å²) in [6.45, 7) is 8.51. The van der Waals surface area contributed by atoms with Crippen molar-refractivity contribution in [1.29, 1.82) is 0 Å². The van der Waals surface area contributed by atoms with Crippen LogP contribution in [0.1, 0.15) is 23.6 Å². The number of hydrogen-bond acceptors (Lipinski definition) is 2. The number of hydrogen-bond donors (Lipinski definition) is 2. The third kappa shape index (κ3) is 3.65. The van der Waals surface area contributed by atoms with Crippen molar-refractivity contribution in [2.45, 2.75) is 33.4 Å². The van der Waals surface area contributed by atoms with Crippen molar-refractivity contribution < 1.29 is 0 Å². The lowest BCUT2D eigenvalue weighted by Gasteiger charge is -2.16. The van der Waals surface area contributed by atoms with Gasteiger partial charge in [0.15, 0.2) is 0 Å². The van der Waals surface area contributed by atoms with E-state index >= 15 is 0 Å². The lowest BCUT2D eigenvalue weighted by Crippen LogP contribution is -2.34. The summed E-state index contributed by atoms with van der Waals surface area (Å²) in [6, 6.07) is 6.97. The van der Waals surface area contributed by atoms with E-state index < -0.39 is 0 Å². The maximum absolute atomic E-state index is 3.52. The fraction of sp³-hybridized carbons (Fsp3) is 0.538. The van der Waals surface area contributed by atoms with Gasteiger partial charge in [0.25, 0.3) is 0 Å². The van der Waals surface area contributed by atoms with Crippen LogP contribution in [0.3, 0.4) is 0 Å². The summed E-state index contributed by atoms with van der Waals surface area (Å²) in [5, 5.41) is 6.69. The topological polar surface area (TPSA) is 24.1 Å². The molecule has 15 heavy (non-hydrogen) atoms. The van der Waals surface area contributed by atoms with Gasteiger partial charge in [-0.2, -0.15) is 0 Å². The van der Waals surface area contributed by atoms with Gasteiger partial charge in [0.1, 0.15) is 0 Å². The predicted molar refractivity (Wildman–Crippen MR) is 66.1 cm³/mol. The lowest BCUT2D eigenvalue weighted by atomic mass is 10.0. The number of likely N-dealkylation sites (N-methyl/N-ethyl adjacent to an activating group) is 1. The van der Waals surface area contributed by atoms with Gasteiger partial charge in [-0.05, 0) is 44.5 Å². The summed E-state index contributed by atoms with van der Waals surface area (Å²) >= 11 is 0. The standard InChI is InChI=1S/C13H22N2/c1-10-6-5-7-11(2)13(10)9-15-12(3)8-14-4/h5-7,12,14-15H,8-9H2,1-4H3.